The number of alkyl carbamates (subject to hydrolysis) is 1. The second-order valence-corrected chi connectivity index (χ2v) is 10.5. The normalized spacial score (nSPS) is 13.3. The lowest BCUT2D eigenvalue weighted by atomic mass is 9.95. The number of hydrogen-bond acceptors (Lipinski definition) is 6. The number of hydrogen-bond donors (Lipinski definition) is 2. The summed E-state index contributed by atoms with van der Waals surface area (Å²) in [5.74, 6) is -0.280. The number of unbranched alkanes of at least 4 members (excludes halogenated alkanes) is 1. The van der Waals surface area contributed by atoms with Crippen LogP contribution in [0.3, 0.4) is 0 Å². The summed E-state index contributed by atoms with van der Waals surface area (Å²) in [4.78, 5) is 31.3. The molecule has 2 N–H and O–H groups in total. The smallest absolute Gasteiger partial charge is 0.408 e. The molecule has 0 saturated heterocycles. The third-order valence-corrected chi connectivity index (χ3v) is 7.35. The van der Waals surface area contributed by atoms with Gasteiger partial charge < -0.3 is 19.9 Å². The van der Waals surface area contributed by atoms with Crippen LogP contribution < -0.4 is 10.1 Å². The van der Waals surface area contributed by atoms with Gasteiger partial charge in [0.1, 0.15) is 25.0 Å². The van der Waals surface area contributed by atoms with Crippen molar-refractivity contribution in [3.8, 4) is 5.75 Å². The maximum Gasteiger partial charge on any atom is 0.408 e. The molecule has 1 atom stereocenters. The molecule has 41 heavy (non-hydrogen) atoms. The van der Waals surface area contributed by atoms with E-state index in [0.29, 0.717) is 19.7 Å². The van der Waals surface area contributed by atoms with Crippen molar-refractivity contribution in [2.45, 2.75) is 64.0 Å². The van der Waals surface area contributed by atoms with Crippen LogP contribution in [0.25, 0.3) is 0 Å². The number of nitrogens with one attached hydrogen (secondary N) is 1. The van der Waals surface area contributed by atoms with E-state index in [0.717, 1.165) is 55.7 Å². The van der Waals surface area contributed by atoms with Gasteiger partial charge in [-0.2, -0.15) is 0 Å². The van der Waals surface area contributed by atoms with Crippen LogP contribution >= 0.6 is 0 Å². The molecule has 0 unspecified atom stereocenters. The summed E-state index contributed by atoms with van der Waals surface area (Å²) in [7, 11) is 0. The number of carboxylic acid groups (broad SMARTS) is 1. The highest BCUT2D eigenvalue weighted by Gasteiger charge is 2.22. The van der Waals surface area contributed by atoms with E-state index in [1.54, 1.807) is 0 Å². The van der Waals surface area contributed by atoms with Gasteiger partial charge in [0.2, 0.25) is 0 Å². The number of amides is 1. The molecule has 2 aromatic carbocycles. The van der Waals surface area contributed by atoms with E-state index in [-0.39, 0.29) is 13.0 Å². The molecule has 0 bridgehead atoms. The van der Waals surface area contributed by atoms with Crippen LogP contribution in [0.5, 0.6) is 5.75 Å². The Kier molecular flexibility index (Phi) is 12.0. The number of rotatable bonds is 16. The number of benzene rings is 2. The van der Waals surface area contributed by atoms with E-state index in [9.17, 15) is 14.7 Å². The lowest BCUT2D eigenvalue weighted by Crippen LogP contribution is -2.43. The molecule has 1 aromatic heterocycles. The van der Waals surface area contributed by atoms with Crippen LogP contribution in [0.2, 0.25) is 0 Å². The Morgan fingerprint density at radius 3 is 2.44 bits per heavy atom. The minimum Gasteiger partial charge on any atom is -0.492 e. The summed E-state index contributed by atoms with van der Waals surface area (Å²) < 4.78 is 11.1. The van der Waals surface area contributed by atoms with Gasteiger partial charge in [-0.05, 0) is 87.2 Å². The zero-order valence-electron chi connectivity index (χ0n) is 23.7. The van der Waals surface area contributed by atoms with Crippen LogP contribution in [0, 0.1) is 0 Å². The van der Waals surface area contributed by atoms with Crippen LogP contribution in [-0.4, -0.2) is 59.3 Å². The SMILES string of the molecule is O=C(N[C@@H](CCN(CCCCc1ccc2c(n1)CCCC2)CCOc1ccccc1)C(=O)O)OCc1ccccc1. The molecular formula is C33H41N3O5. The van der Waals surface area contributed by atoms with Crippen LogP contribution in [0.4, 0.5) is 4.79 Å². The predicted molar refractivity (Wildman–Crippen MR) is 158 cm³/mol. The van der Waals surface area contributed by atoms with Crippen molar-refractivity contribution in [3.05, 3.63) is 95.3 Å². The number of para-hydroxylation sites is 1. The molecule has 0 saturated carbocycles. The van der Waals surface area contributed by atoms with Crippen molar-refractivity contribution in [1.82, 2.24) is 15.2 Å². The highest BCUT2D eigenvalue weighted by Crippen LogP contribution is 2.20. The van der Waals surface area contributed by atoms with Crippen LogP contribution in [0.15, 0.2) is 72.8 Å². The van der Waals surface area contributed by atoms with Crippen molar-refractivity contribution < 1.29 is 24.2 Å². The average Bonchev–Trinajstić information content (AvgIpc) is 3.00. The predicted octanol–water partition coefficient (Wildman–Crippen LogP) is 5.43. The fourth-order valence-electron chi connectivity index (χ4n) is 5.03. The summed E-state index contributed by atoms with van der Waals surface area (Å²) in [5.41, 5.74) is 4.65. The molecule has 0 fully saturated rings. The average molecular weight is 560 g/mol. The van der Waals surface area contributed by atoms with Gasteiger partial charge in [0.05, 0.1) is 0 Å². The first-order chi connectivity index (χ1) is 20.1. The standard InChI is InChI=1S/C33H41N3O5/c37-32(38)31(35-33(39)41-25-26-11-3-1-4-12-26)20-22-36(23-24-40-29-15-5-2-6-16-29)21-10-9-14-28-19-18-27-13-7-8-17-30(27)34-28/h1-6,11-12,15-16,18-19,31H,7-10,13-14,17,20-25H2,(H,35,39)(H,37,38)/t31-/m0/s1. The molecule has 3 aromatic rings. The number of ether oxygens (including phenoxy) is 2. The van der Waals surface area contributed by atoms with Crippen molar-refractivity contribution in [1.29, 1.82) is 0 Å². The summed E-state index contributed by atoms with van der Waals surface area (Å²) in [6, 6.07) is 22.3. The Hall–Kier alpha value is -3.91. The molecule has 8 nitrogen and oxygen atoms in total. The number of carboxylic acids is 1. The maximum absolute atomic E-state index is 12.3. The zero-order valence-corrected chi connectivity index (χ0v) is 23.7. The van der Waals surface area contributed by atoms with Gasteiger partial charge in [0.25, 0.3) is 0 Å². The van der Waals surface area contributed by atoms with Gasteiger partial charge in [-0.3, -0.25) is 9.88 Å². The molecule has 0 radical (unpaired) electrons. The quantitative estimate of drug-likeness (QED) is 0.226. The number of aryl methyl sites for hydroxylation is 3. The third-order valence-electron chi connectivity index (χ3n) is 7.35. The van der Waals surface area contributed by atoms with Crippen molar-refractivity contribution in [2.75, 3.05) is 26.2 Å². The van der Waals surface area contributed by atoms with E-state index in [1.165, 1.54) is 24.1 Å². The topological polar surface area (TPSA) is 101 Å². The lowest BCUT2D eigenvalue weighted by Gasteiger charge is -2.24. The van der Waals surface area contributed by atoms with Crippen LogP contribution in [-0.2, 0) is 35.4 Å². The molecule has 0 aliphatic heterocycles. The van der Waals surface area contributed by atoms with Crippen LogP contribution in [0.1, 0.15) is 54.6 Å². The minimum absolute atomic E-state index is 0.0844. The third kappa shape index (κ3) is 10.5. The first-order valence-electron chi connectivity index (χ1n) is 14.6. The molecule has 4 rings (SSSR count). The maximum atomic E-state index is 12.3. The van der Waals surface area contributed by atoms with Gasteiger partial charge in [0.15, 0.2) is 0 Å². The highest BCUT2D eigenvalue weighted by atomic mass is 16.5. The van der Waals surface area contributed by atoms with E-state index < -0.39 is 18.1 Å². The molecule has 8 heteroatoms. The Morgan fingerprint density at radius 1 is 0.902 bits per heavy atom. The number of aromatic nitrogens is 1. The Labute approximate surface area is 242 Å². The van der Waals surface area contributed by atoms with Crippen molar-refractivity contribution >= 4 is 12.1 Å². The van der Waals surface area contributed by atoms with Crippen molar-refractivity contribution in [3.63, 3.8) is 0 Å². The van der Waals surface area contributed by atoms with E-state index >= 15 is 0 Å². The Balaban J connectivity index is 1.26. The summed E-state index contributed by atoms with van der Waals surface area (Å²) >= 11 is 0. The number of nitrogens with zero attached hydrogens (tertiary/aromatic N) is 2. The second-order valence-electron chi connectivity index (χ2n) is 10.5. The zero-order chi connectivity index (χ0) is 28.7. The van der Waals surface area contributed by atoms with Gasteiger partial charge in [-0.25, -0.2) is 9.59 Å². The fourth-order valence-corrected chi connectivity index (χ4v) is 5.03. The number of carbonyl (C=O) groups is 2. The molecule has 1 aliphatic carbocycles. The van der Waals surface area contributed by atoms with Gasteiger partial charge in [0, 0.05) is 24.5 Å². The molecular weight excluding hydrogens is 518 g/mol. The number of carbonyl (C=O) groups excluding carboxylic acids is 1. The molecule has 0 spiro atoms. The molecule has 1 amide bonds. The van der Waals surface area contributed by atoms with E-state index in [1.807, 2.05) is 60.7 Å². The summed E-state index contributed by atoms with van der Waals surface area (Å²) in [6.45, 7) is 2.53. The van der Waals surface area contributed by atoms with Gasteiger partial charge >= 0.3 is 12.1 Å². The molecule has 218 valence electrons. The number of fused-ring (bicyclic) bond motifs is 1. The number of aliphatic carboxylic acids is 1. The number of pyridine rings is 1. The largest absolute Gasteiger partial charge is 0.492 e. The second kappa shape index (κ2) is 16.4. The molecule has 1 heterocycles. The minimum atomic E-state index is -1.08. The monoisotopic (exact) mass is 559 g/mol. The molecule has 1 aliphatic rings. The first-order valence-corrected chi connectivity index (χ1v) is 14.6. The lowest BCUT2D eigenvalue weighted by molar-refractivity contribution is -0.139. The van der Waals surface area contributed by atoms with Crippen molar-refractivity contribution in [2.24, 2.45) is 0 Å². The van der Waals surface area contributed by atoms with E-state index in [4.69, 9.17) is 14.5 Å². The summed E-state index contributed by atoms with van der Waals surface area (Å²) in [6.07, 6.45) is 7.09. The Morgan fingerprint density at radius 2 is 1.66 bits per heavy atom. The summed E-state index contributed by atoms with van der Waals surface area (Å²) in [5, 5.41) is 12.3. The van der Waals surface area contributed by atoms with Gasteiger partial charge in [-0.15, -0.1) is 0 Å². The fraction of sp³-hybridized carbons (Fsp3) is 0.424. The first kappa shape index (κ1) is 30.1. The Bertz CT molecular complexity index is 1220. The van der Waals surface area contributed by atoms with Gasteiger partial charge in [-0.1, -0.05) is 54.6 Å². The van der Waals surface area contributed by atoms with E-state index in [2.05, 4.69) is 22.3 Å². The highest BCUT2D eigenvalue weighted by molar-refractivity contribution is 5.79.